The Kier molecular flexibility index (Phi) is 5.82. The number of aryl methyl sites for hydroxylation is 2. The van der Waals surface area contributed by atoms with Crippen LogP contribution in [0.3, 0.4) is 0 Å². The molecular formula is C21H23N3O2S2. The van der Waals surface area contributed by atoms with Gasteiger partial charge in [0.2, 0.25) is 5.91 Å². The van der Waals surface area contributed by atoms with Gasteiger partial charge < -0.3 is 10.3 Å². The van der Waals surface area contributed by atoms with Gasteiger partial charge in [0, 0.05) is 11.4 Å². The van der Waals surface area contributed by atoms with E-state index in [-0.39, 0.29) is 17.4 Å². The van der Waals surface area contributed by atoms with E-state index in [1.165, 1.54) is 27.8 Å². The minimum absolute atomic E-state index is 0.00584. The maximum Gasteiger partial charge on any atom is 0.259 e. The molecule has 1 aromatic carbocycles. The number of hydrogen-bond acceptors (Lipinski definition) is 5. The van der Waals surface area contributed by atoms with Gasteiger partial charge in [-0.15, -0.1) is 23.1 Å². The summed E-state index contributed by atoms with van der Waals surface area (Å²) in [6, 6.07) is 10.2. The molecule has 0 saturated heterocycles. The lowest BCUT2D eigenvalue weighted by atomic mass is 10.0. The molecule has 1 aliphatic rings. The van der Waals surface area contributed by atoms with Crippen molar-refractivity contribution in [2.24, 2.45) is 0 Å². The second kappa shape index (κ2) is 8.49. The number of benzene rings is 1. The Morgan fingerprint density at radius 2 is 2.14 bits per heavy atom. The van der Waals surface area contributed by atoms with Crippen molar-refractivity contribution >= 4 is 39.2 Å². The Balaban J connectivity index is 1.29. The van der Waals surface area contributed by atoms with Crippen LogP contribution in [0, 0.1) is 0 Å². The van der Waals surface area contributed by atoms with Crippen molar-refractivity contribution < 1.29 is 4.79 Å². The number of thioether (sulfide) groups is 1. The summed E-state index contributed by atoms with van der Waals surface area (Å²) >= 11 is 3.11. The van der Waals surface area contributed by atoms with Gasteiger partial charge in [-0.2, -0.15) is 0 Å². The molecular weight excluding hydrogens is 390 g/mol. The van der Waals surface area contributed by atoms with Gasteiger partial charge in [0.1, 0.15) is 10.7 Å². The molecule has 5 nitrogen and oxygen atoms in total. The Bertz CT molecular complexity index is 1040. The zero-order chi connectivity index (χ0) is 19.5. The highest BCUT2D eigenvalue weighted by Gasteiger charge is 2.21. The molecule has 2 N–H and O–H groups in total. The van der Waals surface area contributed by atoms with Crippen molar-refractivity contribution in [2.45, 2.75) is 37.9 Å². The first kappa shape index (κ1) is 19.2. The fourth-order valence-electron chi connectivity index (χ4n) is 3.57. The second-order valence-corrected chi connectivity index (χ2v) is 9.23. The molecule has 0 spiro atoms. The third-order valence-corrected chi connectivity index (χ3v) is 7.20. The van der Waals surface area contributed by atoms with Crippen LogP contribution in [0.25, 0.3) is 10.2 Å². The third-order valence-electron chi connectivity index (χ3n) is 5.07. The fourth-order valence-corrected chi connectivity index (χ4v) is 5.57. The molecule has 0 radical (unpaired) electrons. The van der Waals surface area contributed by atoms with Crippen LogP contribution >= 0.6 is 23.1 Å². The van der Waals surface area contributed by atoms with E-state index in [2.05, 4.69) is 34.3 Å². The number of nitrogens with one attached hydrogen (secondary N) is 2. The molecule has 0 bridgehead atoms. The predicted octanol–water partition coefficient (Wildman–Crippen LogP) is 3.63. The van der Waals surface area contributed by atoms with Gasteiger partial charge in [-0.1, -0.05) is 37.3 Å². The number of H-pyrrole nitrogens is 1. The Hall–Kier alpha value is -2.12. The standard InChI is InChI=1S/C21H23N3O2S2/c1-13(14-6-3-2-4-7-14)10-22-18(25)12-27-11-17-23-20(26)19-15-8-5-9-16(15)28-21(19)24-17/h2-4,6-7,13H,5,8-12H2,1H3,(H,22,25)(H,23,24,26). The normalized spacial score (nSPS) is 14.2. The monoisotopic (exact) mass is 413 g/mol. The highest BCUT2D eigenvalue weighted by atomic mass is 32.2. The van der Waals surface area contributed by atoms with Crippen LogP contribution in [-0.2, 0) is 23.4 Å². The van der Waals surface area contributed by atoms with Gasteiger partial charge in [0.15, 0.2) is 0 Å². The van der Waals surface area contributed by atoms with E-state index in [1.807, 2.05) is 18.2 Å². The maximum atomic E-state index is 12.5. The van der Waals surface area contributed by atoms with E-state index in [4.69, 9.17) is 0 Å². The molecule has 1 atom stereocenters. The van der Waals surface area contributed by atoms with Gasteiger partial charge in [-0.25, -0.2) is 4.98 Å². The quantitative estimate of drug-likeness (QED) is 0.620. The predicted molar refractivity (Wildman–Crippen MR) is 116 cm³/mol. The van der Waals surface area contributed by atoms with Crippen molar-refractivity contribution in [2.75, 3.05) is 12.3 Å². The summed E-state index contributed by atoms with van der Waals surface area (Å²) in [5.41, 5.74) is 2.37. The van der Waals surface area contributed by atoms with Gasteiger partial charge in [-0.05, 0) is 36.3 Å². The highest BCUT2D eigenvalue weighted by molar-refractivity contribution is 7.99. The topological polar surface area (TPSA) is 74.8 Å². The molecule has 28 heavy (non-hydrogen) atoms. The molecule has 146 valence electrons. The van der Waals surface area contributed by atoms with Crippen LogP contribution in [0.5, 0.6) is 0 Å². The number of thiophene rings is 1. The van der Waals surface area contributed by atoms with Crippen molar-refractivity contribution in [3.63, 3.8) is 0 Å². The van der Waals surface area contributed by atoms with Gasteiger partial charge in [-0.3, -0.25) is 9.59 Å². The molecule has 7 heteroatoms. The van der Waals surface area contributed by atoms with E-state index >= 15 is 0 Å². The average Bonchev–Trinajstić information content (AvgIpc) is 3.27. The number of hydrogen-bond donors (Lipinski definition) is 2. The number of aromatic amines is 1. The lowest BCUT2D eigenvalue weighted by molar-refractivity contribution is -0.118. The van der Waals surface area contributed by atoms with Gasteiger partial charge in [0.05, 0.1) is 16.9 Å². The smallest absolute Gasteiger partial charge is 0.259 e. The zero-order valence-electron chi connectivity index (χ0n) is 15.8. The molecule has 0 saturated carbocycles. The number of carbonyl (C=O) groups excluding carboxylic acids is 1. The summed E-state index contributed by atoms with van der Waals surface area (Å²) in [5.74, 6) is 1.80. The van der Waals surface area contributed by atoms with E-state index in [9.17, 15) is 9.59 Å². The van der Waals surface area contributed by atoms with Crippen LogP contribution in [-0.4, -0.2) is 28.2 Å². The zero-order valence-corrected chi connectivity index (χ0v) is 17.4. The van der Waals surface area contributed by atoms with Gasteiger partial charge >= 0.3 is 0 Å². The first-order valence-corrected chi connectivity index (χ1v) is 11.5. The summed E-state index contributed by atoms with van der Waals surface area (Å²) in [5, 5.41) is 3.76. The molecule has 3 aromatic rings. The summed E-state index contributed by atoms with van der Waals surface area (Å²) in [6.45, 7) is 2.72. The summed E-state index contributed by atoms with van der Waals surface area (Å²) in [6.07, 6.45) is 3.17. The molecule has 0 fully saturated rings. The molecule has 0 aliphatic heterocycles. The highest BCUT2D eigenvalue weighted by Crippen LogP contribution is 2.34. The van der Waals surface area contributed by atoms with Crippen LogP contribution in [0.4, 0.5) is 0 Å². The number of fused-ring (bicyclic) bond motifs is 3. The molecule has 2 aromatic heterocycles. The number of nitrogens with zero attached hydrogens (tertiary/aromatic N) is 1. The van der Waals surface area contributed by atoms with Crippen LogP contribution in [0.15, 0.2) is 35.1 Å². The van der Waals surface area contributed by atoms with Crippen molar-refractivity contribution in [3.8, 4) is 0 Å². The Morgan fingerprint density at radius 3 is 2.96 bits per heavy atom. The third kappa shape index (κ3) is 4.15. The molecule has 2 heterocycles. The molecule has 4 rings (SSSR count). The summed E-state index contributed by atoms with van der Waals surface area (Å²) in [7, 11) is 0. The lowest BCUT2D eigenvalue weighted by Crippen LogP contribution is -2.29. The first-order chi connectivity index (χ1) is 13.6. The van der Waals surface area contributed by atoms with Crippen molar-refractivity contribution in [1.82, 2.24) is 15.3 Å². The number of aromatic nitrogens is 2. The number of carbonyl (C=O) groups is 1. The number of rotatable bonds is 7. The van der Waals surface area contributed by atoms with Crippen LogP contribution < -0.4 is 10.9 Å². The first-order valence-electron chi connectivity index (χ1n) is 9.54. The Labute approximate surface area is 172 Å². The minimum Gasteiger partial charge on any atom is -0.355 e. The van der Waals surface area contributed by atoms with Gasteiger partial charge in [0.25, 0.3) is 5.56 Å². The second-order valence-electron chi connectivity index (χ2n) is 7.16. The summed E-state index contributed by atoms with van der Waals surface area (Å²) in [4.78, 5) is 34.2. The molecule has 1 unspecified atom stereocenters. The van der Waals surface area contributed by atoms with Crippen LogP contribution in [0.1, 0.15) is 41.1 Å². The SMILES string of the molecule is CC(CNC(=O)CSCc1nc2sc3c(c2c(=O)[nH]1)CCC3)c1ccccc1. The van der Waals surface area contributed by atoms with Crippen molar-refractivity contribution in [3.05, 3.63) is 62.5 Å². The number of amides is 1. The van der Waals surface area contributed by atoms with E-state index in [0.717, 1.165) is 29.5 Å². The van der Waals surface area contributed by atoms with E-state index in [1.54, 1.807) is 11.3 Å². The van der Waals surface area contributed by atoms with E-state index < -0.39 is 0 Å². The van der Waals surface area contributed by atoms with Crippen molar-refractivity contribution in [1.29, 1.82) is 0 Å². The molecule has 1 aliphatic carbocycles. The van der Waals surface area contributed by atoms with E-state index in [0.29, 0.717) is 23.9 Å². The largest absolute Gasteiger partial charge is 0.355 e. The Morgan fingerprint density at radius 1 is 1.32 bits per heavy atom. The molecule has 1 amide bonds. The van der Waals surface area contributed by atoms with Crippen LogP contribution in [0.2, 0.25) is 0 Å². The fraction of sp³-hybridized carbons (Fsp3) is 0.381. The minimum atomic E-state index is -0.0406. The summed E-state index contributed by atoms with van der Waals surface area (Å²) < 4.78 is 0. The average molecular weight is 414 g/mol. The maximum absolute atomic E-state index is 12.5. The lowest BCUT2D eigenvalue weighted by Gasteiger charge is -2.12.